The van der Waals surface area contributed by atoms with E-state index in [4.69, 9.17) is 4.74 Å². The van der Waals surface area contributed by atoms with Crippen LogP contribution in [-0.4, -0.2) is 80.9 Å². The molecule has 0 radical (unpaired) electrons. The molecule has 2 amide bonds. The maximum absolute atomic E-state index is 12.9. The second-order valence-corrected chi connectivity index (χ2v) is 13.6. The predicted octanol–water partition coefficient (Wildman–Crippen LogP) is 7.33. The highest BCUT2D eigenvalue weighted by Crippen LogP contribution is 2.34. The quantitative estimate of drug-likeness (QED) is 0.0636. The highest BCUT2D eigenvalue weighted by molar-refractivity contribution is 5.89. The van der Waals surface area contributed by atoms with Crippen LogP contribution < -0.4 is 10.6 Å². The summed E-state index contributed by atoms with van der Waals surface area (Å²) in [6, 6.07) is 14.4. The fourth-order valence-electron chi connectivity index (χ4n) is 4.96. The number of rotatable bonds is 10. The van der Waals surface area contributed by atoms with Crippen LogP contribution in [0.4, 0.5) is 35.9 Å². The van der Waals surface area contributed by atoms with E-state index in [9.17, 15) is 50.6 Å². The maximum Gasteiger partial charge on any atom is 0.427 e. The van der Waals surface area contributed by atoms with Crippen molar-refractivity contribution < 1.29 is 64.8 Å². The van der Waals surface area contributed by atoms with Crippen molar-refractivity contribution in [2.45, 2.75) is 89.0 Å². The Kier molecular flexibility index (Phi) is 12.1. The molecule has 2 unspecified atom stereocenters. The van der Waals surface area contributed by atoms with Crippen LogP contribution in [0.2, 0.25) is 0 Å². The van der Waals surface area contributed by atoms with Gasteiger partial charge < -0.3 is 39.9 Å². The minimum Gasteiger partial charge on any atom is -0.480 e. The number of methoxy groups -OCH3 is 1. The summed E-state index contributed by atoms with van der Waals surface area (Å²) in [5.74, 6) is -2.21. The molecule has 0 saturated carbocycles. The number of nitrogens with one attached hydrogen (secondary N) is 4. The first-order chi connectivity index (χ1) is 24.2. The summed E-state index contributed by atoms with van der Waals surface area (Å²) in [5, 5.41) is 15.4. The number of ether oxygens (including phenoxy) is 3. The van der Waals surface area contributed by atoms with Gasteiger partial charge in [-0.15, -0.1) is 0 Å². The van der Waals surface area contributed by atoms with Gasteiger partial charge in [-0.25, -0.2) is 19.2 Å². The molecule has 0 aliphatic heterocycles. The predicted molar refractivity (Wildman–Crippen MR) is 180 cm³/mol. The molecule has 2 aromatic heterocycles. The fourth-order valence-corrected chi connectivity index (χ4v) is 4.96. The van der Waals surface area contributed by atoms with Gasteiger partial charge in [0.1, 0.15) is 11.1 Å². The van der Waals surface area contributed by atoms with Crippen LogP contribution in [0.1, 0.15) is 52.7 Å². The lowest BCUT2D eigenvalue weighted by atomic mass is 9.92. The number of aromatic nitrogens is 2. The number of alkyl carbamates (subject to hydrolysis) is 2. The Hall–Kier alpha value is -5.42. The number of H-pyrrole nitrogens is 2. The standard InChI is InChI=1S/C18H21F3N2O4.C17H19F3N2O4/c1-16(2,18(19,20)21)27-15(25)23-17(3,14(24)26-4)9-11-10-22-13-8-6-5-7-12(11)13;1-15(2,17(18,19)20)26-14(25)22-16(3,13(23)24)8-10-9-21-12-7-5-4-6-11(10)12/h5-8,10,22H,9H2,1-4H3,(H,23,25);4-7,9,21H,8H2,1-3H3,(H,22,25)(H,23,24). The van der Waals surface area contributed by atoms with Crippen LogP contribution in [0.5, 0.6) is 0 Å². The van der Waals surface area contributed by atoms with E-state index in [1.165, 1.54) is 13.8 Å². The number of fused-ring (bicyclic) bond motifs is 2. The van der Waals surface area contributed by atoms with E-state index < -0.39 is 58.8 Å². The van der Waals surface area contributed by atoms with Crippen molar-refractivity contribution >= 4 is 45.9 Å². The highest BCUT2D eigenvalue weighted by Gasteiger charge is 2.53. The van der Waals surface area contributed by atoms with Gasteiger partial charge in [-0.05, 0) is 64.8 Å². The first kappa shape index (κ1) is 42.0. The SMILES string of the molecule is CC(Cc1c[nH]c2ccccc12)(NC(=O)OC(C)(C)C(F)(F)F)C(=O)O.COC(=O)C(C)(Cc1c[nH]c2ccccc12)NC(=O)OC(C)(C)C(F)(F)F. The minimum atomic E-state index is -4.79. The van der Waals surface area contributed by atoms with E-state index in [1.807, 2.05) is 29.6 Å². The Morgan fingerprint density at radius 3 is 1.36 bits per heavy atom. The van der Waals surface area contributed by atoms with Crippen LogP contribution in [0.15, 0.2) is 60.9 Å². The molecule has 4 rings (SSSR count). The number of carboxylic acids is 1. The van der Waals surface area contributed by atoms with Crippen molar-refractivity contribution in [1.29, 1.82) is 0 Å². The molecule has 2 atom stereocenters. The first-order valence-electron chi connectivity index (χ1n) is 15.8. The van der Waals surface area contributed by atoms with Gasteiger partial charge in [-0.1, -0.05) is 36.4 Å². The van der Waals surface area contributed by atoms with Crippen molar-refractivity contribution in [3.05, 3.63) is 72.1 Å². The summed E-state index contributed by atoms with van der Waals surface area (Å²) in [6.07, 6.45) is -9.28. The smallest absolute Gasteiger partial charge is 0.427 e. The lowest BCUT2D eigenvalue weighted by Crippen LogP contribution is -2.56. The molecule has 0 bridgehead atoms. The lowest BCUT2D eigenvalue weighted by Gasteiger charge is -2.31. The summed E-state index contributed by atoms with van der Waals surface area (Å²) < 4.78 is 91.0. The molecule has 18 heteroatoms. The number of halogens is 6. The Morgan fingerprint density at radius 2 is 1.00 bits per heavy atom. The molecule has 2 heterocycles. The largest absolute Gasteiger partial charge is 0.480 e. The average molecular weight is 759 g/mol. The summed E-state index contributed by atoms with van der Waals surface area (Å²) in [6.45, 7) is 5.39. The van der Waals surface area contributed by atoms with Gasteiger partial charge in [-0.2, -0.15) is 26.3 Å². The Balaban J connectivity index is 0.000000286. The van der Waals surface area contributed by atoms with Gasteiger partial charge in [0.15, 0.2) is 0 Å². The third-order valence-corrected chi connectivity index (χ3v) is 8.36. The number of carbonyl (C=O) groups excluding carboxylic acids is 3. The van der Waals surface area contributed by atoms with E-state index >= 15 is 0 Å². The molecular formula is C35H40F6N4O8. The molecule has 290 valence electrons. The number of hydrogen-bond acceptors (Lipinski definition) is 7. The van der Waals surface area contributed by atoms with E-state index in [-0.39, 0.29) is 12.8 Å². The highest BCUT2D eigenvalue weighted by atomic mass is 19.4. The summed E-state index contributed by atoms with van der Waals surface area (Å²) in [7, 11) is 1.13. The zero-order valence-electron chi connectivity index (χ0n) is 29.8. The van der Waals surface area contributed by atoms with E-state index in [2.05, 4.69) is 24.8 Å². The second-order valence-electron chi connectivity index (χ2n) is 13.6. The van der Waals surface area contributed by atoms with Crippen LogP contribution in [0.3, 0.4) is 0 Å². The van der Waals surface area contributed by atoms with Gasteiger partial charge in [0.05, 0.1) is 7.11 Å². The van der Waals surface area contributed by atoms with Crippen molar-refractivity contribution in [2.24, 2.45) is 0 Å². The topological polar surface area (TPSA) is 172 Å². The normalized spacial score (nSPS) is 14.6. The zero-order chi connectivity index (χ0) is 40.2. The lowest BCUT2D eigenvalue weighted by molar-refractivity contribution is -0.244. The van der Waals surface area contributed by atoms with Gasteiger partial charge in [-0.3, -0.25) is 0 Å². The average Bonchev–Trinajstić information content (AvgIpc) is 3.62. The summed E-state index contributed by atoms with van der Waals surface area (Å²) >= 11 is 0. The molecule has 0 saturated heterocycles. The second kappa shape index (κ2) is 15.3. The molecule has 0 fully saturated rings. The molecule has 5 N–H and O–H groups in total. The van der Waals surface area contributed by atoms with Gasteiger partial charge in [0.2, 0.25) is 11.2 Å². The fraction of sp³-hybridized carbons (Fsp3) is 0.429. The molecule has 0 aliphatic rings. The number of carbonyl (C=O) groups is 4. The monoisotopic (exact) mass is 758 g/mol. The van der Waals surface area contributed by atoms with Crippen molar-refractivity contribution in [2.75, 3.05) is 7.11 Å². The van der Waals surface area contributed by atoms with Crippen LogP contribution in [0.25, 0.3) is 21.8 Å². The Morgan fingerprint density at radius 1 is 0.642 bits per heavy atom. The number of aromatic amines is 2. The number of hydrogen-bond donors (Lipinski definition) is 5. The maximum atomic E-state index is 12.9. The van der Waals surface area contributed by atoms with E-state index in [1.54, 1.807) is 36.7 Å². The van der Waals surface area contributed by atoms with Gasteiger partial charge >= 0.3 is 36.5 Å². The molecule has 4 aromatic rings. The molecule has 53 heavy (non-hydrogen) atoms. The van der Waals surface area contributed by atoms with E-state index in [0.29, 0.717) is 25.0 Å². The Labute approximate surface area is 299 Å². The number of benzene rings is 2. The van der Waals surface area contributed by atoms with Crippen LogP contribution in [-0.2, 0) is 36.6 Å². The molecule has 0 spiro atoms. The molecule has 2 aromatic carbocycles. The van der Waals surface area contributed by atoms with Crippen molar-refractivity contribution in [3.8, 4) is 0 Å². The molecule has 0 aliphatic carbocycles. The number of alkyl halides is 6. The summed E-state index contributed by atoms with van der Waals surface area (Å²) in [4.78, 5) is 54.0. The number of amides is 2. The van der Waals surface area contributed by atoms with E-state index in [0.717, 1.165) is 42.8 Å². The van der Waals surface area contributed by atoms with Crippen molar-refractivity contribution in [3.63, 3.8) is 0 Å². The summed E-state index contributed by atoms with van der Waals surface area (Å²) in [5.41, 5.74) is -6.07. The first-order valence-corrected chi connectivity index (χ1v) is 15.8. The number of para-hydroxylation sites is 2. The Bertz CT molecular complexity index is 1950. The third kappa shape index (κ3) is 9.92. The van der Waals surface area contributed by atoms with Crippen molar-refractivity contribution in [1.82, 2.24) is 20.6 Å². The van der Waals surface area contributed by atoms with Gasteiger partial charge in [0.25, 0.3) is 0 Å². The number of carboxylic acid groups (broad SMARTS) is 1. The minimum absolute atomic E-state index is 0.00870. The molecule has 12 nitrogen and oxygen atoms in total. The third-order valence-electron chi connectivity index (χ3n) is 8.36. The molecular weight excluding hydrogens is 718 g/mol. The van der Waals surface area contributed by atoms with Crippen LogP contribution in [0, 0.1) is 0 Å². The number of aliphatic carboxylic acids is 1. The number of esters is 1. The van der Waals surface area contributed by atoms with Gasteiger partial charge in [0, 0.05) is 47.0 Å². The van der Waals surface area contributed by atoms with Crippen LogP contribution >= 0.6 is 0 Å². The zero-order valence-corrected chi connectivity index (χ0v) is 29.8.